The van der Waals surface area contributed by atoms with Crippen LogP contribution in [-0.4, -0.2) is 36.7 Å². The number of rotatable bonds is 3. The number of aromatic nitrogens is 4. The van der Waals surface area contributed by atoms with Gasteiger partial charge in [-0.1, -0.05) is 0 Å². The summed E-state index contributed by atoms with van der Waals surface area (Å²) in [6.45, 7) is 0.580. The number of aromatic amines is 1. The number of hydrogen-bond donors (Lipinski definition) is 1. The van der Waals surface area contributed by atoms with Crippen molar-refractivity contribution in [2.24, 2.45) is 7.05 Å². The second-order valence-corrected chi connectivity index (χ2v) is 5.72. The van der Waals surface area contributed by atoms with Crippen LogP contribution in [0.1, 0.15) is 31.0 Å². The van der Waals surface area contributed by atoms with Crippen molar-refractivity contribution in [3.05, 3.63) is 51.1 Å². The van der Waals surface area contributed by atoms with E-state index in [9.17, 15) is 14.4 Å². The third-order valence-corrected chi connectivity index (χ3v) is 4.23. The SMILES string of the molecule is Cn1nccc1[C@H]1CCCCN1C(=O)Cn1ccc(=O)[nH]c1=O. The predicted octanol–water partition coefficient (Wildman–Crippen LogP) is 0.0239. The Morgan fingerprint density at radius 3 is 2.87 bits per heavy atom. The van der Waals surface area contributed by atoms with Crippen LogP contribution in [0, 0.1) is 0 Å². The average molecular weight is 317 g/mol. The molecule has 3 heterocycles. The highest BCUT2D eigenvalue weighted by Crippen LogP contribution is 2.30. The molecular weight excluding hydrogens is 298 g/mol. The lowest BCUT2D eigenvalue weighted by Crippen LogP contribution is -2.43. The molecule has 1 saturated heterocycles. The molecule has 8 heteroatoms. The lowest BCUT2D eigenvalue weighted by molar-refractivity contribution is -0.136. The molecule has 1 amide bonds. The number of hydrogen-bond acceptors (Lipinski definition) is 4. The zero-order valence-electron chi connectivity index (χ0n) is 12.9. The van der Waals surface area contributed by atoms with Gasteiger partial charge in [0.15, 0.2) is 0 Å². The van der Waals surface area contributed by atoms with Gasteiger partial charge in [-0.05, 0) is 25.3 Å². The summed E-state index contributed by atoms with van der Waals surface area (Å²) in [5, 5.41) is 4.18. The average Bonchev–Trinajstić information content (AvgIpc) is 2.96. The van der Waals surface area contributed by atoms with E-state index in [1.165, 1.54) is 16.8 Å². The lowest BCUT2D eigenvalue weighted by Gasteiger charge is -2.35. The zero-order valence-corrected chi connectivity index (χ0v) is 12.9. The Kier molecular flexibility index (Phi) is 4.14. The van der Waals surface area contributed by atoms with Crippen LogP contribution in [-0.2, 0) is 18.4 Å². The van der Waals surface area contributed by atoms with Gasteiger partial charge in [0.25, 0.3) is 5.56 Å². The fourth-order valence-electron chi connectivity index (χ4n) is 3.05. The Morgan fingerprint density at radius 2 is 2.17 bits per heavy atom. The Labute approximate surface area is 132 Å². The molecular formula is C15H19N5O3. The number of aryl methyl sites for hydroxylation is 1. The van der Waals surface area contributed by atoms with Crippen molar-refractivity contribution in [2.75, 3.05) is 6.54 Å². The molecule has 1 aliphatic heterocycles. The summed E-state index contributed by atoms with van der Waals surface area (Å²) in [5.41, 5.74) is -0.0451. The maximum atomic E-state index is 12.7. The van der Waals surface area contributed by atoms with Crippen molar-refractivity contribution in [3.63, 3.8) is 0 Å². The maximum absolute atomic E-state index is 12.7. The molecule has 0 bridgehead atoms. The summed E-state index contributed by atoms with van der Waals surface area (Å²) in [5.74, 6) is -0.134. The van der Waals surface area contributed by atoms with Gasteiger partial charge in [0.2, 0.25) is 5.91 Å². The number of likely N-dealkylation sites (tertiary alicyclic amines) is 1. The fraction of sp³-hybridized carbons (Fsp3) is 0.467. The Bertz CT molecular complexity index is 819. The topological polar surface area (TPSA) is 93.0 Å². The molecule has 0 saturated carbocycles. The highest BCUT2D eigenvalue weighted by molar-refractivity contribution is 5.76. The summed E-state index contributed by atoms with van der Waals surface area (Å²) in [4.78, 5) is 39.5. The normalized spacial score (nSPS) is 18.1. The van der Waals surface area contributed by atoms with Crippen molar-refractivity contribution >= 4 is 5.91 Å². The van der Waals surface area contributed by atoms with E-state index in [1.807, 2.05) is 13.1 Å². The van der Waals surface area contributed by atoms with E-state index in [2.05, 4.69) is 10.1 Å². The zero-order chi connectivity index (χ0) is 16.4. The second-order valence-electron chi connectivity index (χ2n) is 5.72. The van der Waals surface area contributed by atoms with Crippen LogP contribution >= 0.6 is 0 Å². The number of amides is 1. The highest BCUT2D eigenvalue weighted by Gasteiger charge is 2.29. The number of piperidine rings is 1. The lowest BCUT2D eigenvalue weighted by atomic mass is 9.99. The summed E-state index contributed by atoms with van der Waals surface area (Å²) in [7, 11) is 1.86. The largest absolute Gasteiger partial charge is 0.333 e. The van der Waals surface area contributed by atoms with Gasteiger partial charge in [-0.25, -0.2) is 4.79 Å². The molecule has 122 valence electrons. The van der Waals surface area contributed by atoms with Crippen molar-refractivity contribution in [3.8, 4) is 0 Å². The predicted molar refractivity (Wildman–Crippen MR) is 82.8 cm³/mol. The molecule has 1 aliphatic rings. The van der Waals surface area contributed by atoms with Gasteiger partial charge < -0.3 is 4.90 Å². The molecule has 0 aromatic carbocycles. The molecule has 2 aromatic heterocycles. The smallest absolute Gasteiger partial charge is 0.328 e. The van der Waals surface area contributed by atoms with Gasteiger partial charge in [0.1, 0.15) is 6.54 Å². The van der Waals surface area contributed by atoms with Crippen molar-refractivity contribution < 1.29 is 4.79 Å². The summed E-state index contributed by atoms with van der Waals surface area (Å²) >= 11 is 0. The molecule has 1 N–H and O–H groups in total. The Morgan fingerprint density at radius 1 is 1.35 bits per heavy atom. The van der Waals surface area contributed by atoms with Crippen LogP contribution < -0.4 is 11.2 Å². The summed E-state index contributed by atoms with van der Waals surface area (Å²) in [6.07, 6.45) is 5.95. The Balaban J connectivity index is 1.83. The molecule has 0 unspecified atom stereocenters. The van der Waals surface area contributed by atoms with Crippen LogP contribution in [0.3, 0.4) is 0 Å². The van der Waals surface area contributed by atoms with Crippen LogP contribution in [0.15, 0.2) is 34.1 Å². The third-order valence-electron chi connectivity index (χ3n) is 4.23. The molecule has 1 fully saturated rings. The third kappa shape index (κ3) is 3.10. The molecule has 0 aliphatic carbocycles. The van der Waals surface area contributed by atoms with Crippen LogP contribution in [0.2, 0.25) is 0 Å². The number of carbonyl (C=O) groups excluding carboxylic acids is 1. The van der Waals surface area contributed by atoms with Gasteiger partial charge in [-0.2, -0.15) is 5.10 Å². The van der Waals surface area contributed by atoms with Gasteiger partial charge in [0.05, 0.1) is 11.7 Å². The number of nitrogens with one attached hydrogen (secondary N) is 1. The highest BCUT2D eigenvalue weighted by atomic mass is 16.2. The first kappa shape index (κ1) is 15.3. The van der Waals surface area contributed by atoms with Gasteiger partial charge >= 0.3 is 5.69 Å². The first-order chi connectivity index (χ1) is 11.1. The standard InChI is InChI=1S/C15H19N5O3/c1-18-11(5-7-16-18)12-4-2-3-8-20(12)14(22)10-19-9-6-13(21)17-15(19)23/h5-7,9,12H,2-4,8,10H2,1H3,(H,17,21,23)/t12-/m1/s1. The minimum absolute atomic E-state index is 0.0257. The number of carbonyl (C=O) groups is 1. The van der Waals surface area contributed by atoms with Crippen molar-refractivity contribution in [1.29, 1.82) is 0 Å². The monoisotopic (exact) mass is 317 g/mol. The molecule has 0 radical (unpaired) electrons. The maximum Gasteiger partial charge on any atom is 0.328 e. The quantitative estimate of drug-likeness (QED) is 0.864. The van der Waals surface area contributed by atoms with Crippen molar-refractivity contribution in [1.82, 2.24) is 24.2 Å². The van der Waals surface area contributed by atoms with E-state index < -0.39 is 11.2 Å². The molecule has 2 aromatic rings. The molecule has 1 atom stereocenters. The molecule has 8 nitrogen and oxygen atoms in total. The second kappa shape index (κ2) is 6.23. The number of H-pyrrole nitrogens is 1. The van der Waals surface area contributed by atoms with E-state index in [4.69, 9.17) is 0 Å². The van der Waals surface area contributed by atoms with Crippen LogP contribution in [0.5, 0.6) is 0 Å². The molecule has 23 heavy (non-hydrogen) atoms. The van der Waals surface area contributed by atoms with E-state index in [-0.39, 0.29) is 18.5 Å². The summed E-state index contributed by atoms with van der Waals surface area (Å²) in [6, 6.07) is 3.13. The Hall–Kier alpha value is -2.64. The van der Waals surface area contributed by atoms with E-state index in [0.717, 1.165) is 25.0 Å². The van der Waals surface area contributed by atoms with Crippen molar-refractivity contribution in [2.45, 2.75) is 31.8 Å². The molecule has 0 spiro atoms. The first-order valence-electron chi connectivity index (χ1n) is 7.63. The van der Waals surface area contributed by atoms with E-state index in [1.54, 1.807) is 15.8 Å². The fourth-order valence-corrected chi connectivity index (χ4v) is 3.05. The van der Waals surface area contributed by atoms with Crippen LogP contribution in [0.25, 0.3) is 0 Å². The summed E-state index contributed by atoms with van der Waals surface area (Å²) < 4.78 is 3.00. The minimum Gasteiger partial charge on any atom is -0.333 e. The van der Waals surface area contributed by atoms with Gasteiger partial charge in [-0.15, -0.1) is 0 Å². The van der Waals surface area contributed by atoms with E-state index >= 15 is 0 Å². The van der Waals surface area contributed by atoms with Gasteiger partial charge in [-0.3, -0.25) is 23.8 Å². The number of nitrogens with zero attached hydrogens (tertiary/aromatic N) is 4. The minimum atomic E-state index is -0.569. The first-order valence-corrected chi connectivity index (χ1v) is 7.63. The molecule has 3 rings (SSSR count). The van der Waals surface area contributed by atoms with E-state index in [0.29, 0.717) is 6.54 Å². The van der Waals surface area contributed by atoms with Crippen LogP contribution in [0.4, 0.5) is 0 Å². The van der Waals surface area contributed by atoms with Gasteiger partial charge in [0, 0.05) is 32.1 Å².